The van der Waals surface area contributed by atoms with Crippen molar-refractivity contribution in [3.63, 3.8) is 0 Å². The molecule has 144 valence electrons. The van der Waals surface area contributed by atoms with Crippen LogP contribution < -0.4 is 0 Å². The fourth-order valence-electron chi connectivity index (χ4n) is 4.00. The van der Waals surface area contributed by atoms with E-state index in [-0.39, 0.29) is 11.8 Å². The number of hydrogen-bond acceptors (Lipinski definition) is 2. The van der Waals surface area contributed by atoms with E-state index in [0.717, 1.165) is 22.5 Å². The summed E-state index contributed by atoms with van der Waals surface area (Å²) in [6.07, 6.45) is 0.421. The molecule has 2 aromatic rings. The molecule has 5 heteroatoms. The summed E-state index contributed by atoms with van der Waals surface area (Å²) in [6.45, 7) is 10.7. The lowest BCUT2D eigenvalue weighted by Gasteiger charge is -2.35. The van der Waals surface area contributed by atoms with E-state index in [2.05, 4.69) is 18.4 Å². The van der Waals surface area contributed by atoms with Crippen LogP contribution in [0.2, 0.25) is 0 Å². The molecule has 1 fully saturated rings. The third kappa shape index (κ3) is 4.07. The van der Waals surface area contributed by atoms with Crippen LogP contribution in [0.1, 0.15) is 47.2 Å². The minimum atomic E-state index is 0.0742. The first-order chi connectivity index (χ1) is 12.9. The molecular formula is C22H29N3O2. The van der Waals surface area contributed by atoms with Crippen molar-refractivity contribution in [2.24, 2.45) is 0 Å². The highest BCUT2D eigenvalue weighted by Gasteiger charge is 2.27. The number of carbonyl (C=O) groups excluding carboxylic acids is 2. The molecule has 27 heavy (non-hydrogen) atoms. The van der Waals surface area contributed by atoms with Crippen molar-refractivity contribution in [3.05, 3.63) is 58.9 Å². The lowest BCUT2D eigenvalue weighted by molar-refractivity contribution is -0.131. The highest BCUT2D eigenvalue weighted by atomic mass is 16.2. The van der Waals surface area contributed by atoms with Gasteiger partial charge in [0.25, 0.3) is 5.91 Å². The zero-order chi connectivity index (χ0) is 19.6. The molecule has 1 aromatic heterocycles. The summed E-state index contributed by atoms with van der Waals surface area (Å²) >= 11 is 0. The number of hydrogen-bond donors (Lipinski definition) is 0. The van der Waals surface area contributed by atoms with Crippen LogP contribution in [0.5, 0.6) is 0 Å². The second kappa shape index (κ2) is 7.99. The molecule has 5 nitrogen and oxygen atoms in total. The van der Waals surface area contributed by atoms with Crippen LogP contribution in [-0.4, -0.2) is 52.4 Å². The number of aromatic nitrogens is 1. The number of piperazine rings is 1. The molecule has 0 atom stereocenters. The lowest BCUT2D eigenvalue weighted by Crippen LogP contribution is -2.51. The van der Waals surface area contributed by atoms with E-state index in [4.69, 9.17) is 0 Å². The van der Waals surface area contributed by atoms with Crippen LogP contribution in [-0.2, 0) is 11.2 Å². The van der Waals surface area contributed by atoms with Crippen LogP contribution in [0.3, 0.4) is 0 Å². The van der Waals surface area contributed by atoms with Gasteiger partial charge in [-0.2, -0.15) is 0 Å². The molecule has 0 bridgehead atoms. The molecule has 1 aliphatic rings. The topological polar surface area (TPSA) is 45.6 Å². The van der Waals surface area contributed by atoms with Gasteiger partial charge in [-0.3, -0.25) is 9.59 Å². The Bertz CT molecular complexity index is 816. The summed E-state index contributed by atoms with van der Waals surface area (Å²) in [5.74, 6) is 0.205. The number of nitrogens with zero attached hydrogens (tertiary/aromatic N) is 3. The Morgan fingerprint density at radius 2 is 1.56 bits per heavy atom. The average molecular weight is 367 g/mol. The van der Waals surface area contributed by atoms with Gasteiger partial charge in [0.1, 0.15) is 0 Å². The average Bonchev–Trinajstić information content (AvgIpc) is 2.96. The van der Waals surface area contributed by atoms with Gasteiger partial charge in [-0.25, -0.2) is 0 Å². The van der Waals surface area contributed by atoms with Crippen molar-refractivity contribution in [2.45, 2.75) is 40.2 Å². The SMILES string of the molecule is Cc1cc(C(=O)N2CCN(C(=O)Cc3ccccc3)CC2)c(C)n1C(C)C. The van der Waals surface area contributed by atoms with Crippen molar-refractivity contribution < 1.29 is 9.59 Å². The molecule has 1 aliphatic heterocycles. The van der Waals surface area contributed by atoms with E-state index in [1.165, 1.54) is 0 Å². The number of rotatable bonds is 4. The lowest BCUT2D eigenvalue weighted by atomic mass is 10.1. The summed E-state index contributed by atoms with van der Waals surface area (Å²) in [6, 6.07) is 12.1. The van der Waals surface area contributed by atoms with Crippen molar-refractivity contribution in [2.75, 3.05) is 26.2 Å². The number of amides is 2. The molecule has 2 heterocycles. The second-order valence-electron chi connectivity index (χ2n) is 7.58. The van der Waals surface area contributed by atoms with Crippen molar-refractivity contribution in [1.29, 1.82) is 0 Å². The minimum Gasteiger partial charge on any atom is -0.346 e. The molecule has 1 saturated heterocycles. The molecule has 0 radical (unpaired) electrons. The van der Waals surface area contributed by atoms with Gasteiger partial charge in [-0.1, -0.05) is 30.3 Å². The third-order valence-electron chi connectivity index (χ3n) is 5.35. The summed E-state index contributed by atoms with van der Waals surface area (Å²) < 4.78 is 2.20. The van der Waals surface area contributed by atoms with Crippen molar-refractivity contribution in [1.82, 2.24) is 14.4 Å². The Hall–Kier alpha value is -2.56. The molecule has 0 saturated carbocycles. The Kier molecular flexibility index (Phi) is 5.68. The minimum absolute atomic E-state index is 0.0742. The number of benzene rings is 1. The Morgan fingerprint density at radius 3 is 2.11 bits per heavy atom. The van der Waals surface area contributed by atoms with Crippen LogP contribution >= 0.6 is 0 Å². The zero-order valence-corrected chi connectivity index (χ0v) is 16.7. The Morgan fingerprint density at radius 1 is 0.963 bits per heavy atom. The van der Waals surface area contributed by atoms with Crippen molar-refractivity contribution >= 4 is 11.8 Å². The standard InChI is InChI=1S/C22H29N3O2/c1-16(2)25-17(3)14-20(18(25)4)22(27)24-12-10-23(11-13-24)21(26)15-19-8-6-5-7-9-19/h5-9,14,16H,10-13,15H2,1-4H3. The monoisotopic (exact) mass is 367 g/mol. The van der Waals surface area contributed by atoms with E-state index < -0.39 is 0 Å². The molecule has 2 amide bonds. The van der Waals surface area contributed by atoms with E-state index in [1.807, 2.05) is 60.0 Å². The predicted octanol–water partition coefficient (Wildman–Crippen LogP) is 3.21. The first-order valence-corrected chi connectivity index (χ1v) is 9.68. The third-order valence-corrected chi connectivity index (χ3v) is 5.35. The fraction of sp³-hybridized carbons (Fsp3) is 0.455. The molecule has 1 aromatic carbocycles. The van der Waals surface area contributed by atoms with Gasteiger partial charge in [-0.15, -0.1) is 0 Å². The van der Waals surface area contributed by atoms with E-state index in [1.54, 1.807) is 0 Å². The summed E-state index contributed by atoms with van der Waals surface area (Å²) in [4.78, 5) is 29.2. The van der Waals surface area contributed by atoms with Crippen LogP contribution in [0.15, 0.2) is 36.4 Å². The molecule has 0 spiro atoms. The molecule has 0 aliphatic carbocycles. The van der Waals surface area contributed by atoms with Crippen molar-refractivity contribution in [3.8, 4) is 0 Å². The summed E-state index contributed by atoms with van der Waals surface area (Å²) in [5, 5.41) is 0. The number of carbonyl (C=O) groups is 2. The number of aryl methyl sites for hydroxylation is 1. The van der Waals surface area contributed by atoms with Gasteiger partial charge in [0.2, 0.25) is 5.91 Å². The summed E-state index contributed by atoms with van der Waals surface area (Å²) in [5.41, 5.74) is 3.95. The Labute approximate surface area is 161 Å². The predicted molar refractivity (Wildman–Crippen MR) is 107 cm³/mol. The highest BCUT2D eigenvalue weighted by molar-refractivity contribution is 5.96. The van der Waals surface area contributed by atoms with E-state index in [0.29, 0.717) is 38.6 Å². The first-order valence-electron chi connectivity index (χ1n) is 9.68. The maximum Gasteiger partial charge on any atom is 0.255 e. The van der Waals surface area contributed by atoms with Gasteiger partial charge in [0.15, 0.2) is 0 Å². The smallest absolute Gasteiger partial charge is 0.255 e. The van der Waals surface area contributed by atoms with Gasteiger partial charge < -0.3 is 14.4 Å². The molecule has 0 unspecified atom stereocenters. The normalized spacial score (nSPS) is 14.7. The Balaban J connectivity index is 1.61. The van der Waals surface area contributed by atoms with E-state index in [9.17, 15) is 9.59 Å². The molecule has 3 rings (SSSR count). The van der Waals surface area contributed by atoms with Crippen LogP contribution in [0.25, 0.3) is 0 Å². The molecule has 0 N–H and O–H groups in total. The molecular weight excluding hydrogens is 338 g/mol. The largest absolute Gasteiger partial charge is 0.346 e. The summed E-state index contributed by atoms with van der Waals surface area (Å²) in [7, 11) is 0. The quantitative estimate of drug-likeness (QED) is 0.833. The second-order valence-corrected chi connectivity index (χ2v) is 7.58. The van der Waals surface area contributed by atoms with Crippen LogP contribution in [0.4, 0.5) is 0 Å². The van der Waals surface area contributed by atoms with Gasteiger partial charge in [-0.05, 0) is 39.3 Å². The first kappa shape index (κ1) is 19.2. The van der Waals surface area contributed by atoms with Gasteiger partial charge >= 0.3 is 0 Å². The van der Waals surface area contributed by atoms with Gasteiger partial charge in [0, 0.05) is 43.6 Å². The zero-order valence-electron chi connectivity index (χ0n) is 16.7. The van der Waals surface area contributed by atoms with E-state index >= 15 is 0 Å². The maximum atomic E-state index is 13.0. The fourth-order valence-corrected chi connectivity index (χ4v) is 4.00. The van der Waals surface area contributed by atoms with Crippen LogP contribution in [0, 0.1) is 13.8 Å². The van der Waals surface area contributed by atoms with Gasteiger partial charge in [0.05, 0.1) is 12.0 Å². The highest BCUT2D eigenvalue weighted by Crippen LogP contribution is 2.22. The maximum absolute atomic E-state index is 13.0.